The van der Waals surface area contributed by atoms with E-state index in [0.29, 0.717) is 0 Å². The van der Waals surface area contributed by atoms with Crippen LogP contribution in [0.25, 0.3) is 11.2 Å². The average molecular weight is 295 g/mol. The van der Waals surface area contributed by atoms with Crippen molar-refractivity contribution in [2.45, 2.75) is 38.6 Å². The van der Waals surface area contributed by atoms with Crippen molar-refractivity contribution in [2.75, 3.05) is 20.6 Å². The zero-order valence-electron chi connectivity index (χ0n) is 12.7. The quantitative estimate of drug-likeness (QED) is 0.605. The summed E-state index contributed by atoms with van der Waals surface area (Å²) in [6, 6.07) is 1.99. The maximum Gasteiger partial charge on any atom is 0.160 e. The van der Waals surface area contributed by atoms with Crippen LogP contribution in [0.4, 0.5) is 0 Å². The molecule has 0 N–H and O–H groups in total. The minimum Gasteiger partial charge on any atom is -0.311 e. The Bertz CT molecular complexity index is 575. The van der Waals surface area contributed by atoms with Gasteiger partial charge in [-0.25, -0.2) is 9.97 Å². The summed E-state index contributed by atoms with van der Waals surface area (Å²) in [7, 11) is 4.20. The Labute approximate surface area is 125 Å². The van der Waals surface area contributed by atoms with Gasteiger partial charge in [0.05, 0.1) is 5.38 Å². The van der Waals surface area contributed by atoms with Crippen molar-refractivity contribution in [3.8, 4) is 0 Å². The number of rotatable bonds is 6. The van der Waals surface area contributed by atoms with Crippen LogP contribution in [0.15, 0.2) is 12.3 Å². The Morgan fingerprint density at radius 3 is 2.75 bits per heavy atom. The van der Waals surface area contributed by atoms with E-state index in [2.05, 4.69) is 40.5 Å². The number of hydrogen-bond donors (Lipinski definition) is 0. The third-order valence-corrected chi connectivity index (χ3v) is 3.65. The highest BCUT2D eigenvalue weighted by atomic mass is 35.5. The number of fused-ring (bicyclic) bond motifs is 1. The van der Waals surface area contributed by atoms with E-state index in [-0.39, 0.29) is 5.38 Å². The first-order chi connectivity index (χ1) is 9.50. The number of aromatic nitrogens is 3. The highest BCUT2D eigenvalue weighted by Crippen LogP contribution is 2.25. The van der Waals surface area contributed by atoms with Gasteiger partial charge in [0, 0.05) is 12.7 Å². The summed E-state index contributed by atoms with van der Waals surface area (Å²) in [6.45, 7) is 6.06. The molecule has 20 heavy (non-hydrogen) atoms. The zero-order chi connectivity index (χ0) is 14.7. The Morgan fingerprint density at radius 1 is 1.35 bits per heavy atom. The fourth-order valence-corrected chi connectivity index (χ4v) is 2.54. The molecule has 0 aliphatic heterocycles. The van der Waals surface area contributed by atoms with Crippen LogP contribution in [-0.2, 0) is 6.54 Å². The van der Waals surface area contributed by atoms with Crippen molar-refractivity contribution in [3.05, 3.63) is 23.7 Å². The molecule has 0 bridgehead atoms. The molecule has 0 saturated carbocycles. The molecule has 2 heterocycles. The maximum atomic E-state index is 6.28. The van der Waals surface area contributed by atoms with Gasteiger partial charge in [-0.15, -0.1) is 11.6 Å². The van der Waals surface area contributed by atoms with Crippen LogP contribution in [0, 0.1) is 6.92 Å². The lowest BCUT2D eigenvalue weighted by Crippen LogP contribution is -2.14. The fourth-order valence-electron chi connectivity index (χ4n) is 2.38. The summed E-state index contributed by atoms with van der Waals surface area (Å²) in [5.74, 6) is 0.924. The SMILES string of the molecule is Cc1ccnc2c1nc(C(C)Cl)n2CCCCN(C)C. The highest BCUT2D eigenvalue weighted by molar-refractivity contribution is 6.20. The van der Waals surface area contributed by atoms with Crippen LogP contribution in [0.1, 0.15) is 36.5 Å². The number of halogens is 1. The lowest BCUT2D eigenvalue weighted by atomic mass is 10.2. The number of nitrogens with zero attached hydrogens (tertiary/aromatic N) is 4. The van der Waals surface area contributed by atoms with Crippen molar-refractivity contribution in [2.24, 2.45) is 0 Å². The van der Waals surface area contributed by atoms with Crippen LogP contribution < -0.4 is 0 Å². The number of alkyl halides is 1. The third-order valence-electron chi connectivity index (χ3n) is 3.46. The van der Waals surface area contributed by atoms with Crippen molar-refractivity contribution >= 4 is 22.8 Å². The summed E-state index contributed by atoms with van der Waals surface area (Å²) in [5, 5.41) is -0.0996. The maximum absolute atomic E-state index is 6.28. The second-order valence-corrected chi connectivity index (χ2v) is 6.20. The number of unbranched alkanes of at least 4 members (excludes halogenated alkanes) is 1. The van der Waals surface area contributed by atoms with E-state index < -0.39 is 0 Å². The summed E-state index contributed by atoms with van der Waals surface area (Å²) in [5.41, 5.74) is 3.08. The second kappa shape index (κ2) is 6.55. The molecule has 4 nitrogen and oxygen atoms in total. The third kappa shape index (κ3) is 3.30. The lowest BCUT2D eigenvalue weighted by Gasteiger charge is -2.12. The normalized spacial score (nSPS) is 13.3. The first-order valence-electron chi connectivity index (χ1n) is 7.11. The molecule has 5 heteroatoms. The van der Waals surface area contributed by atoms with Gasteiger partial charge >= 0.3 is 0 Å². The molecule has 0 aliphatic rings. The molecule has 110 valence electrons. The van der Waals surface area contributed by atoms with E-state index in [1.165, 1.54) is 0 Å². The summed E-state index contributed by atoms with van der Waals surface area (Å²) in [6.07, 6.45) is 4.11. The van der Waals surface area contributed by atoms with E-state index in [4.69, 9.17) is 11.6 Å². The molecule has 2 aromatic rings. The van der Waals surface area contributed by atoms with E-state index in [9.17, 15) is 0 Å². The van der Waals surface area contributed by atoms with E-state index in [1.807, 2.05) is 19.2 Å². The highest BCUT2D eigenvalue weighted by Gasteiger charge is 2.16. The molecule has 0 aromatic carbocycles. The summed E-state index contributed by atoms with van der Waals surface area (Å²) >= 11 is 6.28. The predicted octanol–water partition coefficient (Wildman–Crippen LogP) is 3.38. The first-order valence-corrected chi connectivity index (χ1v) is 7.55. The zero-order valence-corrected chi connectivity index (χ0v) is 13.5. The molecule has 0 spiro atoms. The molecular formula is C15H23ClN4. The van der Waals surface area contributed by atoms with Gasteiger partial charge in [0.15, 0.2) is 5.65 Å². The van der Waals surface area contributed by atoms with Crippen LogP contribution in [0.2, 0.25) is 0 Å². The predicted molar refractivity (Wildman–Crippen MR) is 84.3 cm³/mol. The summed E-state index contributed by atoms with van der Waals surface area (Å²) < 4.78 is 2.18. The van der Waals surface area contributed by atoms with E-state index >= 15 is 0 Å². The van der Waals surface area contributed by atoms with E-state index in [1.54, 1.807) is 0 Å². The fraction of sp³-hybridized carbons (Fsp3) is 0.600. The van der Waals surface area contributed by atoms with Crippen LogP contribution in [0.5, 0.6) is 0 Å². The molecule has 0 saturated heterocycles. The molecule has 1 atom stereocenters. The smallest absolute Gasteiger partial charge is 0.160 e. The number of pyridine rings is 1. The molecule has 0 amide bonds. The molecular weight excluding hydrogens is 272 g/mol. The number of aryl methyl sites for hydroxylation is 2. The largest absolute Gasteiger partial charge is 0.311 e. The van der Waals surface area contributed by atoms with Gasteiger partial charge in [0.1, 0.15) is 11.3 Å². The van der Waals surface area contributed by atoms with Crippen molar-refractivity contribution in [1.29, 1.82) is 0 Å². The van der Waals surface area contributed by atoms with Crippen LogP contribution >= 0.6 is 11.6 Å². The van der Waals surface area contributed by atoms with Crippen LogP contribution in [-0.4, -0.2) is 40.1 Å². The number of imidazole rings is 1. The molecule has 0 fully saturated rings. The lowest BCUT2D eigenvalue weighted by molar-refractivity contribution is 0.387. The van der Waals surface area contributed by atoms with Crippen molar-refractivity contribution in [1.82, 2.24) is 19.4 Å². The molecule has 0 radical (unpaired) electrons. The Kier molecular flexibility index (Phi) is 5.00. The Morgan fingerprint density at radius 2 is 2.10 bits per heavy atom. The molecule has 0 aliphatic carbocycles. The van der Waals surface area contributed by atoms with Crippen LogP contribution in [0.3, 0.4) is 0 Å². The second-order valence-electron chi connectivity index (χ2n) is 5.55. The van der Waals surface area contributed by atoms with Gasteiger partial charge in [0.2, 0.25) is 0 Å². The van der Waals surface area contributed by atoms with Gasteiger partial charge in [-0.2, -0.15) is 0 Å². The Balaban J connectivity index is 2.25. The van der Waals surface area contributed by atoms with Gasteiger partial charge in [0.25, 0.3) is 0 Å². The topological polar surface area (TPSA) is 34.0 Å². The monoisotopic (exact) mass is 294 g/mol. The minimum absolute atomic E-state index is 0.0996. The van der Waals surface area contributed by atoms with Gasteiger partial charge in [-0.05, 0) is 59.0 Å². The minimum atomic E-state index is -0.0996. The van der Waals surface area contributed by atoms with E-state index in [0.717, 1.165) is 48.5 Å². The number of hydrogen-bond acceptors (Lipinski definition) is 3. The Hall–Kier alpha value is -1.13. The van der Waals surface area contributed by atoms with Gasteiger partial charge < -0.3 is 9.47 Å². The average Bonchev–Trinajstić information content (AvgIpc) is 2.75. The van der Waals surface area contributed by atoms with Gasteiger partial charge in [-0.3, -0.25) is 0 Å². The molecule has 2 rings (SSSR count). The van der Waals surface area contributed by atoms with Crippen molar-refractivity contribution < 1.29 is 0 Å². The first kappa shape index (κ1) is 15.3. The van der Waals surface area contributed by atoms with Gasteiger partial charge in [-0.1, -0.05) is 0 Å². The molecule has 1 unspecified atom stereocenters. The molecule has 2 aromatic heterocycles. The van der Waals surface area contributed by atoms with Crippen molar-refractivity contribution in [3.63, 3.8) is 0 Å². The standard InChI is InChI=1S/C15H23ClN4/c1-11-7-8-17-15-13(11)18-14(12(2)16)20(15)10-6-5-9-19(3)4/h7-8,12H,5-6,9-10H2,1-4H3. The summed E-state index contributed by atoms with van der Waals surface area (Å²) in [4.78, 5) is 11.4.